The van der Waals surface area contributed by atoms with Crippen LogP contribution in [0.5, 0.6) is 0 Å². The summed E-state index contributed by atoms with van der Waals surface area (Å²) in [7, 11) is -4.19. The molecule has 1 N–H and O–H groups in total. The van der Waals surface area contributed by atoms with Gasteiger partial charge in [0.2, 0.25) is 15.8 Å². The Morgan fingerprint density at radius 2 is 2.20 bits per heavy atom. The van der Waals surface area contributed by atoms with E-state index >= 15 is 0 Å². The van der Waals surface area contributed by atoms with Gasteiger partial charge in [0.25, 0.3) is 0 Å². The molecule has 10 heteroatoms. The average Bonchev–Trinajstić information content (AvgIpc) is 2.89. The summed E-state index contributed by atoms with van der Waals surface area (Å²) in [5, 5.41) is 10.8. The maximum atomic E-state index is 13.4. The molecule has 7 nitrogen and oxygen atoms in total. The number of halogens is 1. The average molecular weight is 317 g/mol. The minimum absolute atomic E-state index is 0.0688. The third-order valence-corrected chi connectivity index (χ3v) is 4.55. The van der Waals surface area contributed by atoms with Crippen LogP contribution in [0.3, 0.4) is 0 Å². The van der Waals surface area contributed by atoms with Crippen molar-refractivity contribution in [1.82, 2.24) is 9.71 Å². The fourth-order valence-electron chi connectivity index (χ4n) is 1.46. The second kappa shape index (κ2) is 5.61. The van der Waals surface area contributed by atoms with E-state index in [1.807, 2.05) is 0 Å². The van der Waals surface area contributed by atoms with Gasteiger partial charge in [0.05, 0.1) is 10.4 Å². The van der Waals surface area contributed by atoms with Gasteiger partial charge in [-0.3, -0.25) is 15.1 Å². The van der Waals surface area contributed by atoms with Crippen LogP contribution in [0.2, 0.25) is 0 Å². The van der Waals surface area contributed by atoms with Crippen molar-refractivity contribution in [2.45, 2.75) is 11.4 Å². The number of thiazole rings is 1. The molecule has 20 heavy (non-hydrogen) atoms. The lowest BCUT2D eigenvalue weighted by Crippen LogP contribution is -2.24. The molecule has 1 aromatic carbocycles. The summed E-state index contributed by atoms with van der Waals surface area (Å²) in [6, 6.07) is 2.92. The number of hydrogen-bond acceptors (Lipinski definition) is 6. The summed E-state index contributed by atoms with van der Waals surface area (Å²) in [6.07, 6.45) is 1.47. The molecule has 0 spiro atoms. The molecular formula is C10H8FN3O4S2. The first-order valence-corrected chi connectivity index (χ1v) is 7.58. The number of sulfonamides is 1. The molecule has 1 heterocycles. The Balaban J connectivity index is 2.34. The highest BCUT2D eigenvalue weighted by Crippen LogP contribution is 2.26. The van der Waals surface area contributed by atoms with E-state index in [-0.39, 0.29) is 6.54 Å². The fraction of sp³-hybridized carbons (Fsp3) is 0.100. The Morgan fingerprint density at radius 3 is 2.80 bits per heavy atom. The molecule has 0 amide bonds. The van der Waals surface area contributed by atoms with Crippen LogP contribution < -0.4 is 4.72 Å². The van der Waals surface area contributed by atoms with Gasteiger partial charge in [0, 0.05) is 17.6 Å². The molecule has 2 rings (SSSR count). The molecule has 0 aliphatic carbocycles. The lowest BCUT2D eigenvalue weighted by Gasteiger charge is -2.06. The van der Waals surface area contributed by atoms with E-state index in [4.69, 9.17) is 0 Å². The Morgan fingerprint density at radius 1 is 1.45 bits per heavy atom. The molecular weight excluding hydrogens is 309 g/mol. The Labute approximate surface area is 117 Å². The van der Waals surface area contributed by atoms with E-state index in [2.05, 4.69) is 9.71 Å². The quantitative estimate of drug-likeness (QED) is 0.667. The topological polar surface area (TPSA) is 102 Å². The molecule has 2 aromatic rings. The van der Waals surface area contributed by atoms with Crippen LogP contribution in [0.4, 0.5) is 10.1 Å². The summed E-state index contributed by atoms with van der Waals surface area (Å²) < 4.78 is 39.6. The van der Waals surface area contributed by atoms with Crippen LogP contribution in [0.1, 0.15) is 4.88 Å². The van der Waals surface area contributed by atoms with Gasteiger partial charge in [-0.1, -0.05) is 6.07 Å². The lowest BCUT2D eigenvalue weighted by atomic mass is 10.3. The Hall–Kier alpha value is -1.91. The predicted molar refractivity (Wildman–Crippen MR) is 69.2 cm³/mol. The lowest BCUT2D eigenvalue weighted by molar-refractivity contribution is -0.390. The summed E-state index contributed by atoms with van der Waals surface area (Å²) in [5.41, 5.74) is 0.457. The molecule has 0 aliphatic heterocycles. The molecule has 0 atom stereocenters. The number of para-hydroxylation sites is 1. The van der Waals surface area contributed by atoms with Crippen molar-refractivity contribution in [3.63, 3.8) is 0 Å². The van der Waals surface area contributed by atoms with Crippen LogP contribution in [-0.2, 0) is 16.6 Å². The zero-order valence-corrected chi connectivity index (χ0v) is 11.4. The van der Waals surface area contributed by atoms with Gasteiger partial charge in [-0.15, -0.1) is 11.3 Å². The van der Waals surface area contributed by atoms with Crippen molar-refractivity contribution in [1.29, 1.82) is 0 Å². The summed E-state index contributed by atoms with van der Waals surface area (Å²) in [6.45, 7) is -0.0688. The molecule has 0 fully saturated rings. The van der Waals surface area contributed by atoms with Gasteiger partial charge in [-0.2, -0.15) is 4.39 Å². The number of nitro groups is 1. The second-order valence-electron chi connectivity index (χ2n) is 3.64. The maximum Gasteiger partial charge on any atom is 0.324 e. The number of rotatable bonds is 5. The van der Waals surface area contributed by atoms with Crippen molar-refractivity contribution in [2.75, 3.05) is 0 Å². The van der Waals surface area contributed by atoms with Crippen LogP contribution in [-0.4, -0.2) is 18.3 Å². The van der Waals surface area contributed by atoms with Gasteiger partial charge < -0.3 is 0 Å². The van der Waals surface area contributed by atoms with Crippen molar-refractivity contribution >= 4 is 27.0 Å². The highest BCUT2D eigenvalue weighted by atomic mass is 32.2. The normalized spacial score (nSPS) is 11.4. The first-order valence-electron chi connectivity index (χ1n) is 5.22. The van der Waals surface area contributed by atoms with Crippen LogP contribution in [0, 0.1) is 15.9 Å². The summed E-state index contributed by atoms with van der Waals surface area (Å²) in [4.78, 5) is 13.4. The van der Waals surface area contributed by atoms with Gasteiger partial charge in [-0.25, -0.2) is 13.1 Å². The van der Waals surface area contributed by atoms with Gasteiger partial charge in [0.1, 0.15) is 0 Å². The maximum absolute atomic E-state index is 13.4. The predicted octanol–water partition coefficient (Wildman–Crippen LogP) is 1.67. The first kappa shape index (κ1) is 14.5. The molecule has 106 valence electrons. The monoisotopic (exact) mass is 317 g/mol. The Bertz CT molecular complexity index is 731. The molecule has 0 aliphatic rings. The third-order valence-electron chi connectivity index (χ3n) is 2.34. The third kappa shape index (κ3) is 2.98. The van der Waals surface area contributed by atoms with Crippen LogP contribution >= 0.6 is 11.3 Å². The number of hydrogen-bond donors (Lipinski definition) is 1. The SMILES string of the molecule is O=[N+]([O-])c1c(F)cccc1S(=O)(=O)NCc1cncs1. The van der Waals surface area contributed by atoms with E-state index in [0.29, 0.717) is 4.88 Å². The number of aromatic nitrogens is 1. The Kier molecular flexibility index (Phi) is 4.06. The zero-order chi connectivity index (χ0) is 14.8. The largest absolute Gasteiger partial charge is 0.324 e. The van der Waals surface area contributed by atoms with Crippen LogP contribution in [0.15, 0.2) is 34.8 Å². The molecule has 1 aromatic heterocycles. The second-order valence-corrected chi connectivity index (χ2v) is 6.34. The standard InChI is InChI=1S/C10H8FN3O4S2/c11-8-2-1-3-9(10(8)14(15)16)20(17,18)13-5-7-4-12-6-19-7/h1-4,6,13H,5H2. The number of benzene rings is 1. The number of nitrogens with zero attached hydrogens (tertiary/aromatic N) is 2. The van der Waals surface area contributed by atoms with Crippen molar-refractivity contribution in [2.24, 2.45) is 0 Å². The van der Waals surface area contributed by atoms with E-state index in [9.17, 15) is 22.9 Å². The van der Waals surface area contributed by atoms with Crippen molar-refractivity contribution in [3.05, 3.63) is 50.7 Å². The molecule has 0 saturated carbocycles. The van der Waals surface area contributed by atoms with E-state index in [0.717, 1.165) is 18.2 Å². The minimum Gasteiger partial charge on any atom is -0.258 e. The molecule has 0 unspecified atom stereocenters. The van der Waals surface area contributed by atoms with Crippen molar-refractivity contribution in [3.8, 4) is 0 Å². The number of nitrogens with one attached hydrogen (secondary N) is 1. The highest BCUT2D eigenvalue weighted by molar-refractivity contribution is 7.89. The minimum atomic E-state index is -4.19. The fourth-order valence-corrected chi connectivity index (χ4v) is 3.27. The molecule has 0 bridgehead atoms. The molecule has 0 saturated heterocycles. The first-order chi connectivity index (χ1) is 9.42. The summed E-state index contributed by atoms with van der Waals surface area (Å²) >= 11 is 1.23. The highest BCUT2D eigenvalue weighted by Gasteiger charge is 2.29. The van der Waals surface area contributed by atoms with Crippen molar-refractivity contribution < 1.29 is 17.7 Å². The van der Waals surface area contributed by atoms with E-state index < -0.39 is 31.3 Å². The van der Waals surface area contributed by atoms with E-state index in [1.54, 1.807) is 0 Å². The zero-order valence-electron chi connectivity index (χ0n) is 9.82. The van der Waals surface area contributed by atoms with Gasteiger partial charge >= 0.3 is 5.69 Å². The molecule has 0 radical (unpaired) electrons. The van der Waals surface area contributed by atoms with Gasteiger partial charge in [0.15, 0.2) is 4.90 Å². The smallest absolute Gasteiger partial charge is 0.258 e. The van der Waals surface area contributed by atoms with Crippen LogP contribution in [0.25, 0.3) is 0 Å². The number of nitro benzene ring substituents is 1. The van der Waals surface area contributed by atoms with Gasteiger partial charge in [-0.05, 0) is 12.1 Å². The van der Waals surface area contributed by atoms with E-state index in [1.165, 1.54) is 23.0 Å². The summed E-state index contributed by atoms with van der Waals surface area (Å²) in [5.74, 6) is -1.20.